The summed E-state index contributed by atoms with van der Waals surface area (Å²) in [6, 6.07) is 5.88. The molecule has 0 bridgehead atoms. The molecule has 0 unspecified atom stereocenters. The van der Waals surface area contributed by atoms with Crippen molar-refractivity contribution in [2.75, 3.05) is 26.0 Å². The molecule has 1 N–H and O–H groups in total. The molecule has 1 aromatic rings. The number of likely N-dealkylation sites (tertiary alicyclic amines) is 1. The highest BCUT2D eigenvalue weighted by Crippen LogP contribution is 2.19. The first-order valence-electron chi connectivity index (χ1n) is 6.78. The summed E-state index contributed by atoms with van der Waals surface area (Å²) in [5.74, 6) is -0.324. The number of hydrogen-bond donors (Lipinski definition) is 1. The highest BCUT2D eigenvalue weighted by Gasteiger charge is 2.29. The van der Waals surface area contributed by atoms with E-state index in [0.717, 1.165) is 19.2 Å². The Morgan fingerprint density at radius 3 is 2.82 bits per heavy atom. The Balaban J connectivity index is 0.00000242. The van der Waals surface area contributed by atoms with Gasteiger partial charge in [0.25, 0.3) is 0 Å². The molecular formula is C14H20ClNO5S. The molecule has 1 fully saturated rings. The second-order valence-corrected chi connectivity index (χ2v) is 7.14. The van der Waals surface area contributed by atoms with E-state index in [1.54, 1.807) is 12.1 Å². The molecule has 2 rings (SSSR count). The molecule has 0 aliphatic carbocycles. The maximum Gasteiger partial charge on any atom is 0.320 e. The van der Waals surface area contributed by atoms with Crippen molar-refractivity contribution < 1.29 is 23.1 Å². The van der Waals surface area contributed by atoms with Gasteiger partial charge in [-0.2, -0.15) is 0 Å². The van der Waals surface area contributed by atoms with Crippen LogP contribution in [0.5, 0.6) is 5.75 Å². The fraction of sp³-hybridized carbons (Fsp3) is 0.500. The summed E-state index contributed by atoms with van der Waals surface area (Å²) in [5.41, 5.74) is 0. The number of aliphatic carboxylic acids is 1. The van der Waals surface area contributed by atoms with Gasteiger partial charge in [0.2, 0.25) is 0 Å². The van der Waals surface area contributed by atoms with E-state index in [1.807, 2.05) is 4.90 Å². The molecule has 6 nitrogen and oxygen atoms in total. The predicted octanol–water partition coefficient (Wildman–Crippen LogP) is 1.44. The SMILES string of the molecule is CS(=O)(=O)c1cccc(OCCN2CCC[C@H]2C(=O)O)c1.Cl. The number of carboxylic acids is 1. The molecule has 124 valence electrons. The third-order valence-electron chi connectivity index (χ3n) is 3.53. The first kappa shape index (κ1) is 18.7. The second kappa shape index (κ2) is 7.80. The largest absolute Gasteiger partial charge is 0.492 e. The zero-order valence-electron chi connectivity index (χ0n) is 12.3. The third-order valence-corrected chi connectivity index (χ3v) is 4.64. The Hall–Kier alpha value is -1.31. The monoisotopic (exact) mass is 349 g/mol. The molecule has 0 aromatic heterocycles. The maximum absolute atomic E-state index is 11.5. The number of hydrogen-bond acceptors (Lipinski definition) is 5. The Labute approximate surface area is 136 Å². The lowest BCUT2D eigenvalue weighted by Crippen LogP contribution is -2.38. The van der Waals surface area contributed by atoms with Gasteiger partial charge in [0.15, 0.2) is 9.84 Å². The van der Waals surface area contributed by atoms with Crippen molar-refractivity contribution in [1.82, 2.24) is 4.90 Å². The lowest BCUT2D eigenvalue weighted by Gasteiger charge is -2.20. The van der Waals surface area contributed by atoms with Gasteiger partial charge in [-0.15, -0.1) is 12.4 Å². The first-order chi connectivity index (χ1) is 9.88. The fourth-order valence-electron chi connectivity index (χ4n) is 2.45. The van der Waals surface area contributed by atoms with E-state index in [-0.39, 0.29) is 17.3 Å². The van der Waals surface area contributed by atoms with Crippen molar-refractivity contribution in [3.63, 3.8) is 0 Å². The second-order valence-electron chi connectivity index (χ2n) is 5.13. The minimum absolute atomic E-state index is 0. The average molecular weight is 350 g/mol. The van der Waals surface area contributed by atoms with Crippen molar-refractivity contribution in [3.05, 3.63) is 24.3 Å². The number of sulfone groups is 1. The molecule has 1 aromatic carbocycles. The van der Waals surface area contributed by atoms with E-state index >= 15 is 0 Å². The number of benzene rings is 1. The van der Waals surface area contributed by atoms with Gasteiger partial charge >= 0.3 is 5.97 Å². The van der Waals surface area contributed by atoms with Crippen LogP contribution in [0.25, 0.3) is 0 Å². The van der Waals surface area contributed by atoms with Crippen LogP contribution >= 0.6 is 12.4 Å². The minimum atomic E-state index is -3.25. The molecule has 22 heavy (non-hydrogen) atoms. The number of carboxylic acid groups (broad SMARTS) is 1. The standard InChI is InChI=1S/C14H19NO5S.ClH/c1-21(18,19)12-5-2-4-11(10-12)20-9-8-15-7-3-6-13(15)14(16)17;/h2,4-5,10,13H,3,6-9H2,1H3,(H,16,17);1H/t13-;/m0./s1. The van der Waals surface area contributed by atoms with Gasteiger partial charge in [0.05, 0.1) is 4.90 Å². The summed E-state index contributed by atoms with van der Waals surface area (Å²) in [7, 11) is -3.25. The van der Waals surface area contributed by atoms with Crippen LogP contribution in [0.4, 0.5) is 0 Å². The van der Waals surface area contributed by atoms with E-state index in [1.165, 1.54) is 12.1 Å². The normalized spacial score (nSPS) is 18.7. The molecule has 0 amide bonds. The Morgan fingerprint density at radius 1 is 1.45 bits per heavy atom. The quantitative estimate of drug-likeness (QED) is 0.836. The van der Waals surface area contributed by atoms with Crippen LogP contribution in [0.3, 0.4) is 0 Å². The van der Waals surface area contributed by atoms with Gasteiger partial charge in [-0.05, 0) is 37.6 Å². The average Bonchev–Trinajstić information content (AvgIpc) is 2.87. The number of rotatable bonds is 6. The van der Waals surface area contributed by atoms with Crippen LogP contribution in [0.1, 0.15) is 12.8 Å². The van der Waals surface area contributed by atoms with E-state index in [4.69, 9.17) is 9.84 Å². The van der Waals surface area contributed by atoms with Crippen LogP contribution in [0, 0.1) is 0 Å². The number of ether oxygens (including phenoxy) is 1. The molecule has 0 saturated carbocycles. The van der Waals surface area contributed by atoms with Crippen LogP contribution < -0.4 is 4.74 Å². The number of nitrogens with zero attached hydrogens (tertiary/aromatic N) is 1. The molecule has 1 atom stereocenters. The van der Waals surface area contributed by atoms with E-state index in [9.17, 15) is 13.2 Å². The Kier molecular flexibility index (Phi) is 6.65. The molecular weight excluding hydrogens is 330 g/mol. The van der Waals surface area contributed by atoms with Crippen molar-refractivity contribution in [3.8, 4) is 5.75 Å². The van der Waals surface area contributed by atoms with Crippen molar-refractivity contribution >= 4 is 28.2 Å². The van der Waals surface area contributed by atoms with Gasteiger partial charge in [-0.25, -0.2) is 8.42 Å². The molecule has 1 aliphatic rings. The van der Waals surface area contributed by atoms with Crippen LogP contribution in [0.15, 0.2) is 29.2 Å². The summed E-state index contributed by atoms with van der Waals surface area (Å²) in [4.78, 5) is 13.1. The summed E-state index contributed by atoms with van der Waals surface area (Å²) in [5, 5.41) is 9.08. The summed E-state index contributed by atoms with van der Waals surface area (Å²) in [6.07, 6.45) is 2.69. The van der Waals surface area contributed by atoms with Crippen LogP contribution in [0.2, 0.25) is 0 Å². The number of halogens is 1. The van der Waals surface area contributed by atoms with Crippen LogP contribution in [-0.4, -0.2) is 56.4 Å². The van der Waals surface area contributed by atoms with Crippen molar-refractivity contribution in [2.24, 2.45) is 0 Å². The van der Waals surface area contributed by atoms with E-state index in [0.29, 0.717) is 25.3 Å². The highest BCUT2D eigenvalue weighted by molar-refractivity contribution is 7.90. The summed E-state index contributed by atoms with van der Waals surface area (Å²) >= 11 is 0. The molecule has 8 heteroatoms. The predicted molar refractivity (Wildman–Crippen MR) is 84.5 cm³/mol. The minimum Gasteiger partial charge on any atom is -0.492 e. The molecule has 1 saturated heterocycles. The lowest BCUT2D eigenvalue weighted by atomic mass is 10.2. The molecule has 1 aliphatic heterocycles. The van der Waals surface area contributed by atoms with Crippen LogP contribution in [-0.2, 0) is 14.6 Å². The Morgan fingerprint density at radius 2 is 2.18 bits per heavy atom. The maximum atomic E-state index is 11.5. The van der Waals surface area contributed by atoms with Gasteiger partial charge < -0.3 is 9.84 Å². The topological polar surface area (TPSA) is 83.9 Å². The smallest absolute Gasteiger partial charge is 0.320 e. The molecule has 1 heterocycles. The molecule has 0 radical (unpaired) electrons. The number of carbonyl (C=O) groups is 1. The van der Waals surface area contributed by atoms with Gasteiger partial charge in [-0.3, -0.25) is 9.69 Å². The van der Waals surface area contributed by atoms with E-state index in [2.05, 4.69) is 0 Å². The first-order valence-corrected chi connectivity index (χ1v) is 8.67. The Bertz CT molecular complexity index is 619. The highest BCUT2D eigenvalue weighted by atomic mass is 35.5. The van der Waals surface area contributed by atoms with Gasteiger partial charge in [0.1, 0.15) is 18.4 Å². The van der Waals surface area contributed by atoms with Gasteiger partial charge in [0, 0.05) is 12.8 Å². The van der Waals surface area contributed by atoms with Crippen molar-refractivity contribution in [2.45, 2.75) is 23.8 Å². The van der Waals surface area contributed by atoms with Gasteiger partial charge in [-0.1, -0.05) is 6.07 Å². The summed E-state index contributed by atoms with van der Waals surface area (Å²) in [6.45, 7) is 1.60. The summed E-state index contributed by atoms with van der Waals surface area (Å²) < 4.78 is 28.4. The van der Waals surface area contributed by atoms with E-state index < -0.39 is 21.8 Å². The lowest BCUT2D eigenvalue weighted by molar-refractivity contribution is -0.142. The fourth-order valence-corrected chi connectivity index (χ4v) is 3.10. The third kappa shape index (κ3) is 4.86. The zero-order valence-corrected chi connectivity index (χ0v) is 13.9. The molecule has 0 spiro atoms. The van der Waals surface area contributed by atoms with Crippen molar-refractivity contribution in [1.29, 1.82) is 0 Å². The zero-order chi connectivity index (χ0) is 15.5.